The number of fused-ring (bicyclic) bond motifs is 1. The van der Waals surface area contributed by atoms with Crippen LogP contribution in [0.5, 0.6) is 0 Å². The lowest BCUT2D eigenvalue weighted by atomic mass is 9.96. The Labute approximate surface area is 159 Å². The van der Waals surface area contributed by atoms with E-state index >= 15 is 0 Å². The van der Waals surface area contributed by atoms with Crippen LogP contribution in [0.2, 0.25) is 0 Å². The lowest BCUT2D eigenvalue weighted by Gasteiger charge is -2.27. The zero-order valence-corrected chi connectivity index (χ0v) is 15.2. The van der Waals surface area contributed by atoms with E-state index in [4.69, 9.17) is 0 Å². The Hall–Kier alpha value is -2.87. The fourth-order valence-corrected chi connectivity index (χ4v) is 3.51. The molecule has 1 amide bonds. The highest BCUT2D eigenvalue weighted by atomic mass is 19.2. The van der Waals surface area contributed by atoms with Crippen LogP contribution in [-0.2, 0) is 4.79 Å². The Balaban J connectivity index is 1.63. The second-order valence-corrected chi connectivity index (χ2v) is 7.15. The van der Waals surface area contributed by atoms with Crippen molar-refractivity contribution >= 4 is 22.6 Å². The molecule has 0 bridgehead atoms. The van der Waals surface area contributed by atoms with E-state index in [-0.39, 0.29) is 17.4 Å². The van der Waals surface area contributed by atoms with Crippen molar-refractivity contribution in [2.75, 3.05) is 25.5 Å². The number of piperidine rings is 1. The molecule has 1 aliphatic rings. The van der Waals surface area contributed by atoms with Gasteiger partial charge in [-0.25, -0.2) is 13.2 Å². The van der Waals surface area contributed by atoms with Crippen molar-refractivity contribution in [1.82, 2.24) is 15.1 Å². The third kappa shape index (κ3) is 3.47. The fourth-order valence-electron chi connectivity index (χ4n) is 3.51. The number of anilines is 1. The maximum Gasteiger partial charge on any atom is 0.228 e. The van der Waals surface area contributed by atoms with E-state index in [1.807, 2.05) is 7.05 Å². The number of nitrogens with zero attached hydrogens (tertiary/aromatic N) is 2. The molecule has 1 fully saturated rings. The van der Waals surface area contributed by atoms with Gasteiger partial charge >= 0.3 is 0 Å². The van der Waals surface area contributed by atoms with E-state index in [1.165, 1.54) is 0 Å². The van der Waals surface area contributed by atoms with E-state index in [0.717, 1.165) is 32.0 Å². The molecule has 0 spiro atoms. The summed E-state index contributed by atoms with van der Waals surface area (Å²) in [7, 11) is 2.02. The fraction of sp³-hybridized carbons (Fsp3) is 0.300. The number of nitrogens with one attached hydrogen (secondary N) is 2. The maximum absolute atomic E-state index is 14.1. The molecule has 4 rings (SSSR count). The lowest BCUT2D eigenvalue weighted by molar-refractivity contribution is -0.121. The number of rotatable bonds is 3. The molecule has 0 atom stereocenters. The van der Waals surface area contributed by atoms with Gasteiger partial charge in [-0.15, -0.1) is 0 Å². The van der Waals surface area contributed by atoms with Gasteiger partial charge in [0.1, 0.15) is 5.82 Å². The van der Waals surface area contributed by atoms with Gasteiger partial charge in [0.05, 0.1) is 5.52 Å². The third-order valence-electron chi connectivity index (χ3n) is 5.21. The van der Waals surface area contributed by atoms with Crippen LogP contribution in [-0.4, -0.2) is 41.1 Å². The number of hydrogen-bond donors (Lipinski definition) is 2. The molecule has 1 aliphatic heterocycles. The van der Waals surface area contributed by atoms with Crippen LogP contribution >= 0.6 is 0 Å². The number of H-pyrrole nitrogens is 1. The Morgan fingerprint density at radius 3 is 2.57 bits per heavy atom. The van der Waals surface area contributed by atoms with Crippen LogP contribution in [0.15, 0.2) is 30.3 Å². The standard InChI is InChI=1S/C20H19F3N4O/c1-27-6-4-11(5-7-27)20(28)24-19-14-8-12(2-3-18(14)25-26-19)13-9-16(22)17(23)10-15(13)21/h2-3,8-11H,4-7H2,1H3,(H2,24,25,26,28). The summed E-state index contributed by atoms with van der Waals surface area (Å²) in [4.78, 5) is 14.7. The van der Waals surface area contributed by atoms with Crippen molar-refractivity contribution in [3.63, 3.8) is 0 Å². The summed E-state index contributed by atoms with van der Waals surface area (Å²) in [5.41, 5.74) is 0.945. The first kappa shape index (κ1) is 18.5. The number of benzene rings is 2. The van der Waals surface area contributed by atoms with Crippen LogP contribution in [0.3, 0.4) is 0 Å². The average molecular weight is 388 g/mol. The topological polar surface area (TPSA) is 61.0 Å². The largest absolute Gasteiger partial charge is 0.308 e. The summed E-state index contributed by atoms with van der Waals surface area (Å²) < 4.78 is 40.9. The molecule has 0 radical (unpaired) electrons. The van der Waals surface area contributed by atoms with Gasteiger partial charge in [0.25, 0.3) is 0 Å². The minimum atomic E-state index is -1.24. The first-order valence-corrected chi connectivity index (χ1v) is 9.05. The predicted molar refractivity (Wildman–Crippen MR) is 100 cm³/mol. The van der Waals surface area contributed by atoms with Gasteiger partial charge in [-0.1, -0.05) is 6.07 Å². The summed E-state index contributed by atoms with van der Waals surface area (Å²) in [5.74, 6) is -3.08. The summed E-state index contributed by atoms with van der Waals surface area (Å²) >= 11 is 0. The molecule has 0 unspecified atom stereocenters. The van der Waals surface area contributed by atoms with Gasteiger partial charge in [0.15, 0.2) is 17.5 Å². The highest BCUT2D eigenvalue weighted by Crippen LogP contribution is 2.31. The highest BCUT2D eigenvalue weighted by Gasteiger charge is 2.24. The SMILES string of the molecule is CN1CCC(C(=O)Nc2n[nH]c3ccc(-c4cc(F)c(F)cc4F)cc23)CC1. The van der Waals surface area contributed by atoms with Crippen LogP contribution in [0.25, 0.3) is 22.0 Å². The average Bonchev–Trinajstić information content (AvgIpc) is 3.07. The van der Waals surface area contributed by atoms with Gasteiger partial charge in [0.2, 0.25) is 5.91 Å². The summed E-state index contributed by atoms with van der Waals surface area (Å²) in [6.07, 6.45) is 1.55. The minimum absolute atomic E-state index is 0.0606. The Kier molecular flexibility index (Phi) is 4.80. The number of likely N-dealkylation sites (tertiary alicyclic amines) is 1. The third-order valence-corrected chi connectivity index (χ3v) is 5.21. The number of aromatic nitrogens is 2. The van der Waals surface area contributed by atoms with Gasteiger partial charge in [0, 0.05) is 22.9 Å². The summed E-state index contributed by atoms with van der Waals surface area (Å²) in [5, 5.41) is 10.4. The zero-order valence-electron chi connectivity index (χ0n) is 15.2. The van der Waals surface area contributed by atoms with Gasteiger partial charge in [-0.3, -0.25) is 9.89 Å². The van der Waals surface area contributed by atoms with Crippen LogP contribution in [0.1, 0.15) is 12.8 Å². The Bertz CT molecular complexity index is 1040. The first-order valence-electron chi connectivity index (χ1n) is 9.05. The molecule has 3 aromatic rings. The molecule has 1 saturated heterocycles. The highest BCUT2D eigenvalue weighted by molar-refractivity contribution is 6.01. The number of hydrogen-bond acceptors (Lipinski definition) is 3. The summed E-state index contributed by atoms with van der Waals surface area (Å²) in [6.45, 7) is 1.72. The Morgan fingerprint density at radius 2 is 1.82 bits per heavy atom. The molecule has 1 aromatic heterocycles. The lowest BCUT2D eigenvalue weighted by Crippen LogP contribution is -2.36. The van der Waals surface area contributed by atoms with Crippen molar-refractivity contribution in [2.45, 2.75) is 12.8 Å². The number of carbonyl (C=O) groups is 1. The van der Waals surface area contributed by atoms with E-state index in [1.54, 1.807) is 18.2 Å². The zero-order chi connectivity index (χ0) is 19.8. The molecule has 8 heteroatoms. The van der Waals surface area contributed by atoms with Crippen molar-refractivity contribution in [1.29, 1.82) is 0 Å². The summed E-state index contributed by atoms with van der Waals surface area (Å²) in [6, 6.07) is 6.18. The Morgan fingerprint density at radius 1 is 1.11 bits per heavy atom. The smallest absolute Gasteiger partial charge is 0.228 e. The van der Waals surface area contributed by atoms with Gasteiger partial charge < -0.3 is 10.2 Å². The molecule has 2 aromatic carbocycles. The molecular formula is C20H19F3N4O. The second-order valence-electron chi connectivity index (χ2n) is 7.15. The first-order chi connectivity index (χ1) is 13.4. The number of amides is 1. The van der Waals surface area contributed by atoms with Crippen LogP contribution in [0, 0.1) is 23.4 Å². The number of halogens is 3. The van der Waals surface area contributed by atoms with E-state index in [0.29, 0.717) is 28.4 Å². The van der Waals surface area contributed by atoms with Crippen molar-refractivity contribution < 1.29 is 18.0 Å². The van der Waals surface area contributed by atoms with Crippen molar-refractivity contribution in [3.05, 3.63) is 47.8 Å². The molecule has 146 valence electrons. The molecule has 0 saturated carbocycles. The normalized spacial score (nSPS) is 15.9. The quantitative estimate of drug-likeness (QED) is 0.669. The van der Waals surface area contributed by atoms with Crippen LogP contribution < -0.4 is 5.32 Å². The monoisotopic (exact) mass is 388 g/mol. The van der Waals surface area contributed by atoms with E-state index in [9.17, 15) is 18.0 Å². The second kappa shape index (κ2) is 7.27. The van der Waals surface area contributed by atoms with Crippen molar-refractivity contribution in [3.8, 4) is 11.1 Å². The molecular weight excluding hydrogens is 369 g/mol. The molecule has 2 heterocycles. The van der Waals surface area contributed by atoms with Crippen LogP contribution in [0.4, 0.5) is 19.0 Å². The predicted octanol–water partition coefficient (Wildman–Crippen LogP) is 3.93. The van der Waals surface area contributed by atoms with Gasteiger partial charge in [-0.2, -0.15) is 5.10 Å². The van der Waals surface area contributed by atoms with E-state index in [2.05, 4.69) is 20.4 Å². The molecule has 28 heavy (non-hydrogen) atoms. The molecule has 0 aliphatic carbocycles. The molecule has 2 N–H and O–H groups in total. The van der Waals surface area contributed by atoms with Gasteiger partial charge in [-0.05, 0) is 56.7 Å². The van der Waals surface area contributed by atoms with E-state index < -0.39 is 17.5 Å². The molecule has 5 nitrogen and oxygen atoms in total. The van der Waals surface area contributed by atoms with Crippen molar-refractivity contribution in [2.24, 2.45) is 5.92 Å². The number of carbonyl (C=O) groups excluding carboxylic acids is 1. The minimum Gasteiger partial charge on any atom is -0.308 e. The maximum atomic E-state index is 14.1. The number of aromatic amines is 1.